The number of hydrogen-bond acceptors (Lipinski definition) is 8. The van der Waals surface area contributed by atoms with Crippen molar-refractivity contribution in [2.24, 2.45) is 0 Å². The Balaban J connectivity index is 1.15. The van der Waals surface area contributed by atoms with Crippen LogP contribution in [0.3, 0.4) is 0 Å². The number of nitrogens with one attached hydrogen (secondary N) is 2. The van der Waals surface area contributed by atoms with E-state index in [2.05, 4.69) is 74.0 Å². The first-order chi connectivity index (χ1) is 16.2. The van der Waals surface area contributed by atoms with E-state index in [1.807, 2.05) is 18.2 Å². The molecule has 8 heteroatoms. The average molecular weight is 442 g/mol. The highest BCUT2D eigenvalue weighted by Gasteiger charge is 2.22. The fraction of sp³-hybridized carbons (Fsp3) is 0.320. The number of aryl methyl sites for hydroxylation is 1. The largest absolute Gasteiger partial charge is 0.363 e. The lowest BCUT2D eigenvalue weighted by molar-refractivity contribution is 0.309. The van der Waals surface area contributed by atoms with Crippen LogP contribution in [0.15, 0.2) is 59.1 Å². The Morgan fingerprint density at radius 2 is 1.85 bits per heavy atom. The maximum absolute atomic E-state index is 5.43. The molecule has 1 atom stereocenters. The van der Waals surface area contributed by atoms with Crippen molar-refractivity contribution in [3.05, 3.63) is 65.7 Å². The van der Waals surface area contributed by atoms with Crippen molar-refractivity contribution in [3.63, 3.8) is 0 Å². The number of hydrogen-bond donors (Lipinski definition) is 2. The second kappa shape index (κ2) is 8.37. The van der Waals surface area contributed by atoms with Crippen LogP contribution in [-0.2, 0) is 6.42 Å². The van der Waals surface area contributed by atoms with Gasteiger partial charge in [0.2, 0.25) is 0 Å². The normalized spacial score (nSPS) is 18.5. The summed E-state index contributed by atoms with van der Waals surface area (Å²) in [6.45, 7) is 3.80. The highest BCUT2D eigenvalue weighted by molar-refractivity contribution is 5.84. The van der Waals surface area contributed by atoms with Gasteiger partial charge in [0.05, 0.1) is 11.6 Å². The Morgan fingerprint density at radius 1 is 0.970 bits per heavy atom. The van der Waals surface area contributed by atoms with Gasteiger partial charge in [-0.15, -0.1) is 0 Å². The van der Waals surface area contributed by atoms with Crippen molar-refractivity contribution in [1.82, 2.24) is 20.0 Å². The summed E-state index contributed by atoms with van der Waals surface area (Å²) in [5, 5.41) is 12.0. The summed E-state index contributed by atoms with van der Waals surface area (Å²) in [6, 6.07) is 19.6. The molecule has 1 saturated heterocycles. The lowest BCUT2D eigenvalue weighted by Gasteiger charge is -2.31. The maximum Gasteiger partial charge on any atom is 0.327 e. The maximum atomic E-state index is 5.43. The van der Waals surface area contributed by atoms with Crippen LogP contribution in [0, 0.1) is 0 Å². The fourth-order valence-corrected chi connectivity index (χ4v) is 4.69. The number of aromatic nitrogens is 3. The van der Waals surface area contributed by atoms with E-state index in [0.717, 1.165) is 61.4 Å². The second-order valence-corrected chi connectivity index (χ2v) is 8.85. The Kier molecular flexibility index (Phi) is 5.07. The van der Waals surface area contributed by atoms with E-state index in [1.54, 1.807) is 0 Å². The Bertz CT molecular complexity index is 1280. The summed E-state index contributed by atoms with van der Waals surface area (Å²) in [7, 11) is 2.13. The minimum Gasteiger partial charge on any atom is -0.363 e. The quantitative estimate of drug-likeness (QED) is 0.477. The molecule has 0 radical (unpaired) electrons. The van der Waals surface area contributed by atoms with E-state index in [0.29, 0.717) is 18.0 Å². The van der Waals surface area contributed by atoms with E-state index in [-0.39, 0.29) is 0 Å². The predicted octanol–water partition coefficient (Wildman–Crippen LogP) is 4.21. The van der Waals surface area contributed by atoms with Gasteiger partial charge in [0.1, 0.15) is 5.82 Å². The number of anilines is 4. The topological polar surface area (TPSA) is 82.4 Å². The third-order valence-electron chi connectivity index (χ3n) is 6.60. The molecule has 2 aliphatic rings. The van der Waals surface area contributed by atoms with Crippen molar-refractivity contribution in [2.75, 3.05) is 48.8 Å². The van der Waals surface area contributed by atoms with Crippen LogP contribution in [0.5, 0.6) is 0 Å². The molecule has 0 unspecified atom stereocenters. The number of nitrogens with zero attached hydrogens (tertiary/aromatic N) is 5. The minimum atomic E-state index is 0.319. The lowest BCUT2D eigenvalue weighted by Crippen LogP contribution is -2.44. The summed E-state index contributed by atoms with van der Waals surface area (Å²) in [4.78, 5) is 13.8. The van der Waals surface area contributed by atoms with Gasteiger partial charge in [-0.25, -0.2) is 4.98 Å². The lowest BCUT2D eigenvalue weighted by atomic mass is 10.1. The zero-order chi connectivity index (χ0) is 22.2. The summed E-state index contributed by atoms with van der Waals surface area (Å²) < 4.78 is 5.43. The zero-order valence-corrected chi connectivity index (χ0v) is 18.7. The molecule has 4 aromatic rings. The first-order valence-corrected chi connectivity index (χ1v) is 11.5. The molecule has 168 valence electrons. The molecule has 1 fully saturated rings. The van der Waals surface area contributed by atoms with Crippen LogP contribution < -0.4 is 15.5 Å². The van der Waals surface area contributed by atoms with Gasteiger partial charge in [0.25, 0.3) is 5.95 Å². The van der Waals surface area contributed by atoms with Crippen LogP contribution in [0.2, 0.25) is 0 Å². The molecular weight excluding hydrogens is 414 g/mol. The SMILES string of the molecule is CN1CCN(c2noc(Nc3ccc4nc(N[C@@H]5CCc6ccccc65)ccc4c3)n2)CC1. The molecule has 2 aromatic carbocycles. The third-order valence-corrected chi connectivity index (χ3v) is 6.60. The first kappa shape index (κ1) is 20.0. The van der Waals surface area contributed by atoms with E-state index in [1.165, 1.54) is 11.1 Å². The standard InChI is InChI=1S/C25H27N7O/c1-31-12-14-32(15-13-31)24-29-25(33-30-24)26-19-8-10-21-18(16-19)7-11-23(27-21)28-22-9-6-17-4-2-3-5-20(17)22/h2-5,7-8,10-11,16,22H,6,9,12-15H2,1H3,(H,27,28)(H,26,29,30)/t22-/m1/s1. The molecule has 8 nitrogen and oxygen atoms in total. The monoisotopic (exact) mass is 441 g/mol. The summed E-state index contributed by atoms with van der Waals surface area (Å²) in [5.41, 5.74) is 4.65. The van der Waals surface area contributed by atoms with Crippen LogP contribution in [0.1, 0.15) is 23.6 Å². The van der Waals surface area contributed by atoms with Crippen molar-refractivity contribution in [1.29, 1.82) is 0 Å². The number of piperazine rings is 1. The number of likely N-dealkylation sites (N-methyl/N-ethyl adjacent to an activating group) is 1. The molecule has 2 aromatic heterocycles. The minimum absolute atomic E-state index is 0.319. The predicted molar refractivity (Wildman–Crippen MR) is 130 cm³/mol. The van der Waals surface area contributed by atoms with Crippen molar-refractivity contribution in [3.8, 4) is 0 Å². The number of pyridine rings is 1. The molecule has 6 rings (SSSR count). The van der Waals surface area contributed by atoms with Crippen LogP contribution in [0.4, 0.5) is 23.5 Å². The highest BCUT2D eigenvalue weighted by Crippen LogP contribution is 2.33. The number of benzene rings is 2. The van der Waals surface area contributed by atoms with E-state index in [4.69, 9.17) is 9.51 Å². The van der Waals surface area contributed by atoms with E-state index in [9.17, 15) is 0 Å². The van der Waals surface area contributed by atoms with E-state index >= 15 is 0 Å². The van der Waals surface area contributed by atoms with Crippen LogP contribution >= 0.6 is 0 Å². The third kappa shape index (κ3) is 4.09. The van der Waals surface area contributed by atoms with Crippen LogP contribution in [0.25, 0.3) is 10.9 Å². The molecule has 33 heavy (non-hydrogen) atoms. The van der Waals surface area contributed by atoms with Gasteiger partial charge in [-0.2, -0.15) is 4.98 Å². The summed E-state index contributed by atoms with van der Waals surface area (Å²) in [5.74, 6) is 1.54. The van der Waals surface area contributed by atoms with Gasteiger partial charge >= 0.3 is 6.01 Å². The average Bonchev–Trinajstić information content (AvgIpc) is 3.47. The zero-order valence-electron chi connectivity index (χ0n) is 18.7. The summed E-state index contributed by atoms with van der Waals surface area (Å²) >= 11 is 0. The van der Waals surface area contributed by atoms with Crippen molar-refractivity contribution < 1.29 is 4.52 Å². The Hall–Kier alpha value is -3.65. The molecule has 1 aliphatic carbocycles. The smallest absolute Gasteiger partial charge is 0.327 e. The molecule has 1 aliphatic heterocycles. The second-order valence-electron chi connectivity index (χ2n) is 8.85. The molecular formula is C25H27N7O. The van der Waals surface area contributed by atoms with Gasteiger partial charge in [-0.3, -0.25) is 0 Å². The van der Waals surface area contributed by atoms with Crippen molar-refractivity contribution in [2.45, 2.75) is 18.9 Å². The molecule has 0 saturated carbocycles. The highest BCUT2D eigenvalue weighted by atomic mass is 16.5. The van der Waals surface area contributed by atoms with E-state index < -0.39 is 0 Å². The molecule has 0 spiro atoms. The van der Waals surface area contributed by atoms with Gasteiger partial charge in [-0.1, -0.05) is 24.3 Å². The summed E-state index contributed by atoms with van der Waals surface area (Å²) in [6.07, 6.45) is 2.21. The molecule has 3 heterocycles. The van der Waals surface area contributed by atoms with Gasteiger partial charge in [0, 0.05) is 37.3 Å². The fourth-order valence-electron chi connectivity index (χ4n) is 4.69. The first-order valence-electron chi connectivity index (χ1n) is 11.5. The molecule has 0 bridgehead atoms. The van der Waals surface area contributed by atoms with Crippen LogP contribution in [-0.4, -0.2) is 53.3 Å². The number of rotatable bonds is 5. The van der Waals surface area contributed by atoms with Crippen molar-refractivity contribution >= 4 is 34.4 Å². The molecule has 0 amide bonds. The Morgan fingerprint density at radius 3 is 2.76 bits per heavy atom. The number of fused-ring (bicyclic) bond motifs is 2. The van der Waals surface area contributed by atoms with Gasteiger partial charge in [-0.05, 0) is 66.5 Å². The Labute approximate surface area is 192 Å². The van der Waals surface area contributed by atoms with Gasteiger partial charge < -0.3 is 25.0 Å². The van der Waals surface area contributed by atoms with Gasteiger partial charge in [0.15, 0.2) is 0 Å². The molecule has 2 N–H and O–H groups in total.